The van der Waals surface area contributed by atoms with E-state index in [1.54, 1.807) is 12.4 Å². The minimum absolute atomic E-state index is 0.00669. The average molecular weight is 588 g/mol. The van der Waals surface area contributed by atoms with Crippen molar-refractivity contribution in [2.24, 2.45) is 0 Å². The van der Waals surface area contributed by atoms with Crippen LogP contribution in [-0.2, 0) is 11.3 Å². The van der Waals surface area contributed by atoms with Gasteiger partial charge in [0.15, 0.2) is 11.6 Å². The number of halogens is 5. The van der Waals surface area contributed by atoms with Crippen LogP contribution in [0.3, 0.4) is 0 Å². The summed E-state index contributed by atoms with van der Waals surface area (Å²) in [7, 11) is 0. The number of nitrogens with one attached hydrogen (secondary N) is 2. The Morgan fingerprint density at radius 2 is 1.78 bits per heavy atom. The maximum Gasteiger partial charge on any atom is 0.409 e. The maximum absolute atomic E-state index is 14.9. The van der Waals surface area contributed by atoms with Gasteiger partial charge in [0.2, 0.25) is 5.91 Å². The molecule has 0 spiro atoms. The smallest absolute Gasteiger partial charge is 0.409 e. The van der Waals surface area contributed by atoms with Gasteiger partial charge in [0.1, 0.15) is 17.6 Å². The zero-order valence-corrected chi connectivity index (χ0v) is 22.2. The normalized spacial score (nSPS) is 12.3. The third-order valence-corrected chi connectivity index (χ3v) is 7.19. The second-order valence-corrected chi connectivity index (χ2v) is 10.0. The van der Waals surface area contributed by atoms with E-state index >= 15 is 0 Å². The van der Waals surface area contributed by atoms with Crippen molar-refractivity contribution < 1.29 is 31.5 Å². The summed E-state index contributed by atoms with van der Waals surface area (Å²) < 4.78 is 77.1. The van der Waals surface area contributed by atoms with E-state index in [-0.39, 0.29) is 17.1 Å². The summed E-state index contributed by atoms with van der Waals surface area (Å²) >= 11 is 1.39. The fourth-order valence-electron chi connectivity index (χ4n) is 3.95. The summed E-state index contributed by atoms with van der Waals surface area (Å²) in [6, 6.07) is 9.02. The SMILES string of the molecule is CCn1cnc(-c2cc3nccc(Oc4ccc(NC(=O)CC(Nc5ccc(F)cc5)C(F)(F)F)cc4F)c3s2)c1. The van der Waals surface area contributed by atoms with E-state index in [2.05, 4.69) is 20.6 Å². The number of aromatic nitrogens is 3. The lowest BCUT2D eigenvalue weighted by atomic mass is 10.1. The fraction of sp³-hybridized carbons (Fsp3) is 0.179. The number of imidazole rings is 1. The molecular weight excluding hydrogens is 565 g/mol. The molecule has 5 rings (SSSR count). The number of hydrogen-bond acceptors (Lipinski definition) is 6. The van der Waals surface area contributed by atoms with E-state index in [1.165, 1.54) is 29.7 Å². The van der Waals surface area contributed by atoms with E-state index in [9.17, 15) is 26.7 Å². The minimum atomic E-state index is -4.78. The molecule has 2 aromatic carbocycles. The highest BCUT2D eigenvalue weighted by atomic mass is 32.1. The molecule has 0 aliphatic carbocycles. The van der Waals surface area contributed by atoms with Gasteiger partial charge in [-0.3, -0.25) is 9.78 Å². The summed E-state index contributed by atoms with van der Waals surface area (Å²) in [5.41, 5.74) is 1.36. The largest absolute Gasteiger partial charge is 0.453 e. The third-order valence-electron chi connectivity index (χ3n) is 6.03. The second kappa shape index (κ2) is 11.5. The number of alkyl halides is 3. The van der Waals surface area contributed by atoms with E-state index in [0.717, 1.165) is 47.4 Å². The Balaban J connectivity index is 1.28. The summed E-state index contributed by atoms with van der Waals surface area (Å²) in [5, 5.41) is 4.46. The quantitative estimate of drug-likeness (QED) is 0.174. The van der Waals surface area contributed by atoms with Gasteiger partial charge in [-0.2, -0.15) is 13.2 Å². The molecule has 1 unspecified atom stereocenters. The van der Waals surface area contributed by atoms with Gasteiger partial charge in [-0.25, -0.2) is 13.8 Å². The Bertz CT molecular complexity index is 1680. The standard InChI is InChI=1S/C28H22F5N5O2S/c1-2-38-14-21(35-15-38)24-12-20-27(41-24)23(9-10-34-20)40-22-8-7-18(11-19(22)30)37-26(39)13-25(28(31,32)33)36-17-5-3-16(29)4-6-17/h3-12,14-15,25,36H,2,13H2,1H3,(H,37,39). The Hall–Kier alpha value is -4.52. The predicted molar refractivity (Wildman–Crippen MR) is 146 cm³/mol. The van der Waals surface area contributed by atoms with Gasteiger partial charge in [-0.1, -0.05) is 0 Å². The summed E-state index contributed by atoms with van der Waals surface area (Å²) in [5.74, 6) is -2.23. The van der Waals surface area contributed by atoms with Gasteiger partial charge >= 0.3 is 6.18 Å². The first-order valence-electron chi connectivity index (χ1n) is 12.4. The van der Waals surface area contributed by atoms with Crippen molar-refractivity contribution in [3.8, 4) is 22.1 Å². The van der Waals surface area contributed by atoms with E-state index in [0.29, 0.717) is 16.0 Å². The molecule has 212 valence electrons. The lowest BCUT2D eigenvalue weighted by molar-refractivity contribution is -0.148. The van der Waals surface area contributed by atoms with Crippen molar-refractivity contribution in [2.45, 2.75) is 32.1 Å². The monoisotopic (exact) mass is 587 g/mol. The maximum atomic E-state index is 14.9. The molecule has 2 N–H and O–H groups in total. The van der Waals surface area contributed by atoms with Crippen molar-refractivity contribution in [3.05, 3.63) is 85.0 Å². The van der Waals surface area contributed by atoms with Gasteiger partial charge in [0.05, 0.1) is 33.5 Å². The van der Waals surface area contributed by atoms with Crippen molar-refractivity contribution in [1.82, 2.24) is 14.5 Å². The Morgan fingerprint density at radius 1 is 1.02 bits per heavy atom. The number of carbonyl (C=O) groups excluding carboxylic acids is 1. The molecule has 13 heteroatoms. The Kier molecular flexibility index (Phi) is 7.88. The molecule has 1 amide bonds. The van der Waals surface area contributed by atoms with Gasteiger partial charge in [0, 0.05) is 42.4 Å². The molecule has 41 heavy (non-hydrogen) atoms. The molecule has 0 saturated carbocycles. The van der Waals surface area contributed by atoms with E-state index in [4.69, 9.17) is 4.74 Å². The number of thiophene rings is 1. The summed E-state index contributed by atoms with van der Waals surface area (Å²) in [4.78, 5) is 22.0. The Morgan fingerprint density at radius 3 is 2.46 bits per heavy atom. The molecule has 7 nitrogen and oxygen atoms in total. The van der Waals surface area contributed by atoms with Crippen LogP contribution in [0.1, 0.15) is 13.3 Å². The number of rotatable bonds is 9. The molecule has 0 radical (unpaired) electrons. The number of ether oxygens (including phenoxy) is 1. The second-order valence-electron chi connectivity index (χ2n) is 8.97. The summed E-state index contributed by atoms with van der Waals surface area (Å²) in [6.45, 7) is 2.78. The molecule has 3 heterocycles. The van der Waals surface area contributed by atoms with Crippen LogP contribution >= 0.6 is 11.3 Å². The first-order chi connectivity index (χ1) is 19.6. The summed E-state index contributed by atoms with van der Waals surface area (Å²) in [6.07, 6.45) is -0.600. The van der Waals surface area contributed by atoms with Crippen LogP contribution in [0.5, 0.6) is 11.5 Å². The lowest BCUT2D eigenvalue weighted by Crippen LogP contribution is -2.39. The van der Waals surface area contributed by atoms with Crippen LogP contribution in [0, 0.1) is 11.6 Å². The fourth-order valence-corrected chi connectivity index (χ4v) is 4.98. The number of aryl methyl sites for hydroxylation is 1. The molecule has 5 aromatic rings. The molecule has 0 aliphatic rings. The molecule has 0 aliphatic heterocycles. The van der Waals surface area contributed by atoms with Crippen LogP contribution in [0.25, 0.3) is 20.8 Å². The van der Waals surface area contributed by atoms with Crippen molar-refractivity contribution in [1.29, 1.82) is 0 Å². The third kappa shape index (κ3) is 6.62. The molecule has 0 fully saturated rings. The first-order valence-corrected chi connectivity index (χ1v) is 13.2. The Labute approximate surface area is 234 Å². The number of amides is 1. The molecule has 3 aromatic heterocycles. The number of hydrogen-bond donors (Lipinski definition) is 2. The van der Waals surface area contributed by atoms with Gasteiger partial charge in [0.25, 0.3) is 0 Å². The van der Waals surface area contributed by atoms with Gasteiger partial charge in [-0.05, 0) is 49.4 Å². The number of benzene rings is 2. The molecule has 0 bridgehead atoms. The zero-order valence-electron chi connectivity index (χ0n) is 21.4. The number of fused-ring (bicyclic) bond motifs is 1. The number of nitrogens with zero attached hydrogens (tertiary/aromatic N) is 3. The van der Waals surface area contributed by atoms with Crippen LogP contribution in [-0.4, -0.2) is 32.7 Å². The number of carbonyl (C=O) groups is 1. The van der Waals surface area contributed by atoms with Gasteiger partial charge in [-0.15, -0.1) is 11.3 Å². The van der Waals surface area contributed by atoms with Crippen LogP contribution in [0.15, 0.2) is 73.3 Å². The topological polar surface area (TPSA) is 81.1 Å². The van der Waals surface area contributed by atoms with Crippen LogP contribution in [0.2, 0.25) is 0 Å². The molecule has 0 saturated heterocycles. The first kappa shape index (κ1) is 28.0. The number of pyridine rings is 1. The van der Waals surface area contributed by atoms with Crippen LogP contribution in [0.4, 0.5) is 33.3 Å². The van der Waals surface area contributed by atoms with Crippen molar-refractivity contribution in [2.75, 3.05) is 10.6 Å². The van der Waals surface area contributed by atoms with Gasteiger partial charge < -0.3 is 19.9 Å². The predicted octanol–water partition coefficient (Wildman–Crippen LogP) is 7.62. The highest BCUT2D eigenvalue weighted by Gasteiger charge is 2.41. The van der Waals surface area contributed by atoms with Crippen LogP contribution < -0.4 is 15.4 Å². The van der Waals surface area contributed by atoms with E-state index in [1.807, 2.05) is 23.8 Å². The lowest BCUT2D eigenvalue weighted by Gasteiger charge is -2.22. The highest BCUT2D eigenvalue weighted by molar-refractivity contribution is 7.22. The highest BCUT2D eigenvalue weighted by Crippen LogP contribution is 2.39. The number of anilines is 2. The molecular formula is C28H22F5N5O2S. The minimum Gasteiger partial charge on any atom is -0.453 e. The average Bonchev–Trinajstić information content (AvgIpc) is 3.58. The van der Waals surface area contributed by atoms with Crippen molar-refractivity contribution >= 4 is 38.8 Å². The zero-order chi connectivity index (χ0) is 29.1. The van der Waals surface area contributed by atoms with Crippen molar-refractivity contribution in [3.63, 3.8) is 0 Å². The van der Waals surface area contributed by atoms with E-state index < -0.39 is 36.2 Å². The molecule has 1 atom stereocenters.